The fourth-order valence-electron chi connectivity index (χ4n) is 3.77. The minimum atomic E-state index is -3.47. The van der Waals surface area contributed by atoms with Gasteiger partial charge in [0, 0.05) is 78.0 Å². The molecule has 0 radical (unpaired) electrons. The summed E-state index contributed by atoms with van der Waals surface area (Å²) in [6.07, 6.45) is 5.30. The van der Waals surface area contributed by atoms with E-state index < -0.39 is 10.0 Å². The van der Waals surface area contributed by atoms with Gasteiger partial charge in [0.15, 0.2) is 0 Å². The second-order valence-corrected chi connectivity index (χ2v) is 9.71. The van der Waals surface area contributed by atoms with Gasteiger partial charge in [-0.2, -0.15) is 4.31 Å². The van der Waals surface area contributed by atoms with Crippen LogP contribution in [0.3, 0.4) is 0 Å². The normalized spacial score (nSPS) is 20.3. The van der Waals surface area contributed by atoms with Gasteiger partial charge < -0.3 is 14.4 Å². The monoisotopic (exact) mass is 419 g/mol. The molecule has 0 spiro atoms. The third kappa shape index (κ3) is 4.45. The predicted molar refractivity (Wildman–Crippen MR) is 111 cm³/mol. The summed E-state index contributed by atoms with van der Waals surface area (Å²) in [6, 6.07) is 3.52. The topological polar surface area (TPSA) is 77.8 Å². The maximum atomic E-state index is 12.8. The molecule has 0 bridgehead atoms. The SMILES string of the molecule is CN1CCN(S(=O)(=O)c2ccc(N3CCN(Cc4nccn4C)CC3)nc2)CC1. The van der Waals surface area contributed by atoms with Gasteiger partial charge in [-0.05, 0) is 19.2 Å². The van der Waals surface area contributed by atoms with E-state index >= 15 is 0 Å². The van der Waals surface area contributed by atoms with Crippen LogP contribution in [0.4, 0.5) is 5.82 Å². The van der Waals surface area contributed by atoms with Crippen molar-refractivity contribution in [3.63, 3.8) is 0 Å². The maximum absolute atomic E-state index is 12.8. The lowest BCUT2D eigenvalue weighted by atomic mass is 10.3. The fraction of sp³-hybridized carbons (Fsp3) is 0.579. The van der Waals surface area contributed by atoms with Crippen molar-refractivity contribution in [3.8, 4) is 0 Å². The van der Waals surface area contributed by atoms with Gasteiger partial charge in [0.2, 0.25) is 10.0 Å². The lowest BCUT2D eigenvalue weighted by Crippen LogP contribution is -2.47. The van der Waals surface area contributed by atoms with Crippen molar-refractivity contribution in [1.82, 2.24) is 28.6 Å². The first-order chi connectivity index (χ1) is 13.9. The molecule has 2 aromatic rings. The lowest BCUT2D eigenvalue weighted by molar-refractivity contribution is 0.222. The number of anilines is 1. The number of imidazole rings is 1. The van der Waals surface area contributed by atoms with Gasteiger partial charge in [0.1, 0.15) is 16.5 Å². The molecule has 0 aromatic carbocycles. The molecule has 4 heterocycles. The Hall–Kier alpha value is -2.01. The second-order valence-electron chi connectivity index (χ2n) is 7.78. The molecule has 158 valence electrons. The number of piperazine rings is 2. The van der Waals surface area contributed by atoms with E-state index in [-0.39, 0.29) is 4.90 Å². The smallest absolute Gasteiger partial charge is 0.244 e. The van der Waals surface area contributed by atoms with Crippen molar-refractivity contribution < 1.29 is 8.42 Å². The number of hydrogen-bond acceptors (Lipinski definition) is 7. The number of aryl methyl sites for hydroxylation is 1. The Morgan fingerprint density at radius 1 is 0.931 bits per heavy atom. The molecule has 0 unspecified atom stereocenters. The quantitative estimate of drug-likeness (QED) is 0.679. The highest BCUT2D eigenvalue weighted by Gasteiger charge is 2.28. The number of aromatic nitrogens is 3. The standard InChI is InChI=1S/C19H29N7O2S/c1-22-7-13-26(14-8-22)29(27,28)17-3-4-18(21-15-17)25-11-9-24(10-12-25)16-19-20-5-6-23(19)2/h3-6,15H,7-14,16H2,1-2H3. The van der Waals surface area contributed by atoms with Crippen molar-refractivity contribution in [2.24, 2.45) is 7.05 Å². The molecule has 9 nitrogen and oxygen atoms in total. The summed E-state index contributed by atoms with van der Waals surface area (Å²) in [5, 5.41) is 0. The maximum Gasteiger partial charge on any atom is 0.244 e. The Bertz CT molecular complexity index is 912. The highest BCUT2D eigenvalue weighted by atomic mass is 32.2. The van der Waals surface area contributed by atoms with E-state index in [1.807, 2.05) is 37.1 Å². The van der Waals surface area contributed by atoms with Gasteiger partial charge in [-0.1, -0.05) is 0 Å². The van der Waals surface area contributed by atoms with E-state index in [0.29, 0.717) is 13.1 Å². The fourth-order valence-corrected chi connectivity index (χ4v) is 5.14. The summed E-state index contributed by atoms with van der Waals surface area (Å²) >= 11 is 0. The Balaban J connectivity index is 1.35. The Morgan fingerprint density at radius 2 is 1.66 bits per heavy atom. The first kappa shape index (κ1) is 20.3. The predicted octanol–water partition coefficient (Wildman–Crippen LogP) is 0.0734. The van der Waals surface area contributed by atoms with Crippen LogP contribution in [-0.2, 0) is 23.6 Å². The average Bonchev–Trinajstić information content (AvgIpc) is 3.13. The van der Waals surface area contributed by atoms with Gasteiger partial charge in [-0.3, -0.25) is 4.90 Å². The van der Waals surface area contributed by atoms with E-state index in [2.05, 4.69) is 24.7 Å². The van der Waals surface area contributed by atoms with Gasteiger partial charge in [-0.15, -0.1) is 0 Å². The van der Waals surface area contributed by atoms with E-state index in [0.717, 1.165) is 57.5 Å². The van der Waals surface area contributed by atoms with Gasteiger partial charge in [0.05, 0.1) is 6.54 Å². The van der Waals surface area contributed by atoms with Crippen molar-refractivity contribution in [1.29, 1.82) is 0 Å². The summed E-state index contributed by atoms with van der Waals surface area (Å²) < 4.78 is 29.3. The first-order valence-electron chi connectivity index (χ1n) is 10.0. The molecule has 2 aromatic heterocycles. The Labute approximate surface area is 172 Å². The Kier molecular flexibility index (Phi) is 5.86. The van der Waals surface area contributed by atoms with Crippen LogP contribution in [0.1, 0.15) is 5.82 Å². The van der Waals surface area contributed by atoms with Crippen molar-refractivity contribution in [2.75, 3.05) is 64.3 Å². The second kappa shape index (κ2) is 8.39. The van der Waals surface area contributed by atoms with Crippen LogP contribution < -0.4 is 4.90 Å². The van der Waals surface area contributed by atoms with E-state index in [9.17, 15) is 8.42 Å². The lowest BCUT2D eigenvalue weighted by Gasteiger charge is -2.35. The van der Waals surface area contributed by atoms with Crippen LogP contribution in [0.2, 0.25) is 0 Å². The Morgan fingerprint density at radius 3 is 2.24 bits per heavy atom. The molecule has 10 heteroatoms. The van der Waals surface area contributed by atoms with E-state index in [1.54, 1.807) is 10.4 Å². The van der Waals surface area contributed by atoms with Crippen LogP contribution in [-0.4, -0.2) is 96.5 Å². The summed E-state index contributed by atoms with van der Waals surface area (Å²) in [5.41, 5.74) is 0. The van der Waals surface area contributed by atoms with Crippen LogP contribution in [0.25, 0.3) is 0 Å². The summed E-state index contributed by atoms with van der Waals surface area (Å²) in [6.45, 7) is 6.99. The average molecular weight is 420 g/mol. The number of hydrogen-bond donors (Lipinski definition) is 0. The molecule has 0 N–H and O–H groups in total. The van der Waals surface area contributed by atoms with Crippen molar-refractivity contribution >= 4 is 15.8 Å². The molecule has 29 heavy (non-hydrogen) atoms. The third-order valence-electron chi connectivity index (χ3n) is 5.80. The number of sulfonamides is 1. The zero-order valence-electron chi connectivity index (χ0n) is 17.1. The minimum Gasteiger partial charge on any atom is -0.354 e. The summed E-state index contributed by atoms with van der Waals surface area (Å²) in [5.74, 6) is 1.90. The molecule has 0 saturated carbocycles. The van der Waals surface area contributed by atoms with Crippen LogP contribution in [0, 0.1) is 0 Å². The molecule has 2 aliphatic rings. The van der Waals surface area contributed by atoms with E-state index in [4.69, 9.17) is 0 Å². The molecule has 0 atom stereocenters. The molecule has 2 saturated heterocycles. The molecule has 4 rings (SSSR count). The van der Waals surface area contributed by atoms with Crippen LogP contribution >= 0.6 is 0 Å². The summed E-state index contributed by atoms with van der Waals surface area (Å²) in [7, 11) is 0.558. The molecule has 2 aliphatic heterocycles. The third-order valence-corrected chi connectivity index (χ3v) is 7.69. The molecule has 2 fully saturated rings. The molecule has 0 aliphatic carbocycles. The molecular weight excluding hydrogens is 390 g/mol. The van der Waals surface area contributed by atoms with Gasteiger partial charge in [0.25, 0.3) is 0 Å². The van der Waals surface area contributed by atoms with Crippen LogP contribution in [0.5, 0.6) is 0 Å². The number of rotatable bonds is 5. The first-order valence-corrected chi connectivity index (χ1v) is 11.5. The van der Waals surface area contributed by atoms with Crippen LogP contribution in [0.15, 0.2) is 35.6 Å². The number of nitrogens with zero attached hydrogens (tertiary/aromatic N) is 7. The summed E-state index contributed by atoms with van der Waals surface area (Å²) in [4.78, 5) is 15.9. The molecule has 0 amide bonds. The number of likely N-dealkylation sites (N-methyl/N-ethyl adjacent to an activating group) is 1. The minimum absolute atomic E-state index is 0.277. The largest absolute Gasteiger partial charge is 0.354 e. The van der Waals surface area contributed by atoms with Crippen molar-refractivity contribution in [2.45, 2.75) is 11.4 Å². The zero-order chi connectivity index (χ0) is 20.4. The molecular formula is C19H29N7O2S. The zero-order valence-corrected chi connectivity index (χ0v) is 17.9. The number of pyridine rings is 1. The van der Waals surface area contributed by atoms with Gasteiger partial charge >= 0.3 is 0 Å². The van der Waals surface area contributed by atoms with Crippen molar-refractivity contribution in [3.05, 3.63) is 36.5 Å². The van der Waals surface area contributed by atoms with Gasteiger partial charge in [-0.25, -0.2) is 18.4 Å². The highest BCUT2D eigenvalue weighted by Crippen LogP contribution is 2.20. The van der Waals surface area contributed by atoms with E-state index in [1.165, 1.54) is 6.20 Å². The highest BCUT2D eigenvalue weighted by molar-refractivity contribution is 7.89.